The van der Waals surface area contributed by atoms with E-state index < -0.39 is 23.8 Å². The van der Waals surface area contributed by atoms with Gasteiger partial charge in [0.15, 0.2) is 5.58 Å². The highest BCUT2D eigenvalue weighted by molar-refractivity contribution is 5.90. The molecule has 0 bridgehead atoms. The van der Waals surface area contributed by atoms with E-state index in [2.05, 4.69) is 14.9 Å². The van der Waals surface area contributed by atoms with Crippen molar-refractivity contribution < 1.29 is 19.1 Å². The summed E-state index contributed by atoms with van der Waals surface area (Å²) in [5.41, 5.74) is 7.07. The number of amides is 1. The molecular weight excluding hydrogens is 396 g/mol. The molecule has 1 fully saturated rings. The van der Waals surface area contributed by atoms with E-state index in [9.17, 15) is 9.90 Å². The fourth-order valence-corrected chi connectivity index (χ4v) is 3.82. The summed E-state index contributed by atoms with van der Waals surface area (Å²) < 4.78 is 10.9. The van der Waals surface area contributed by atoms with Gasteiger partial charge in [-0.05, 0) is 71.4 Å². The Morgan fingerprint density at radius 2 is 2.03 bits per heavy atom. The van der Waals surface area contributed by atoms with Crippen LogP contribution in [0.2, 0.25) is 0 Å². The van der Waals surface area contributed by atoms with Crippen molar-refractivity contribution in [3.05, 3.63) is 30.2 Å². The number of nitrogens with two attached hydrogens (primary N) is 1. The standard InChI is InChI=1S/C23H34N4O4/c1-15(25-22(29)31-23(2,3)4)27-13-11-16(12-14-27)9-10-17(24)20(28)21-26-18-7-5-6-8-19(18)30-21/h5-8,16-17,20,28H,9-14,24H2,1-4H3/t17-,20?/m0/s1. The first-order chi connectivity index (χ1) is 14.6. The molecule has 0 saturated carbocycles. The number of hydrogen-bond acceptors (Lipinski definition) is 6. The molecular formula is C23H34N4O4. The molecule has 1 aliphatic rings. The third-order valence-corrected chi connectivity index (χ3v) is 5.60. The topological polar surface area (TPSA) is 114 Å². The van der Waals surface area contributed by atoms with Crippen LogP contribution in [0.1, 0.15) is 65.4 Å². The first-order valence-electron chi connectivity index (χ1n) is 10.9. The van der Waals surface area contributed by atoms with Gasteiger partial charge in [0.05, 0.1) is 0 Å². The molecule has 0 spiro atoms. The third-order valence-electron chi connectivity index (χ3n) is 5.60. The van der Waals surface area contributed by atoms with E-state index in [4.69, 9.17) is 14.9 Å². The molecule has 3 rings (SSSR count). The van der Waals surface area contributed by atoms with Gasteiger partial charge in [-0.1, -0.05) is 12.1 Å². The van der Waals surface area contributed by atoms with Crippen molar-refractivity contribution in [1.82, 2.24) is 9.88 Å². The summed E-state index contributed by atoms with van der Waals surface area (Å²) in [6.45, 7) is 9.00. The molecule has 1 aromatic heterocycles. The highest BCUT2D eigenvalue weighted by Crippen LogP contribution is 2.27. The lowest BCUT2D eigenvalue weighted by atomic mass is 9.89. The average Bonchev–Trinajstić information content (AvgIpc) is 3.14. The van der Waals surface area contributed by atoms with Gasteiger partial charge in [-0.2, -0.15) is 4.99 Å². The van der Waals surface area contributed by atoms with Gasteiger partial charge in [-0.3, -0.25) is 0 Å². The lowest BCUT2D eigenvalue weighted by Gasteiger charge is -2.33. The number of carbonyl (C=O) groups excluding carboxylic acids is 1. The molecule has 1 amide bonds. The van der Waals surface area contributed by atoms with E-state index >= 15 is 0 Å². The number of fused-ring (bicyclic) bond motifs is 1. The van der Waals surface area contributed by atoms with E-state index in [0.717, 1.165) is 37.9 Å². The summed E-state index contributed by atoms with van der Waals surface area (Å²) in [4.78, 5) is 22.4. The number of aliphatic imine (C=N–C) groups is 1. The van der Waals surface area contributed by atoms with Crippen molar-refractivity contribution >= 4 is 23.0 Å². The van der Waals surface area contributed by atoms with Crippen LogP contribution in [-0.2, 0) is 4.74 Å². The summed E-state index contributed by atoms with van der Waals surface area (Å²) in [7, 11) is 0. The van der Waals surface area contributed by atoms with Crippen LogP contribution in [0.5, 0.6) is 0 Å². The molecule has 0 aliphatic carbocycles. The minimum Gasteiger partial charge on any atom is -0.442 e. The monoisotopic (exact) mass is 430 g/mol. The first kappa shape index (κ1) is 23.2. The van der Waals surface area contributed by atoms with Gasteiger partial charge in [-0.25, -0.2) is 9.78 Å². The van der Waals surface area contributed by atoms with Crippen LogP contribution in [0.15, 0.2) is 33.7 Å². The Morgan fingerprint density at radius 3 is 2.68 bits per heavy atom. The number of para-hydroxylation sites is 2. The zero-order chi connectivity index (χ0) is 22.6. The Labute approximate surface area is 183 Å². The first-order valence-corrected chi connectivity index (χ1v) is 10.9. The average molecular weight is 431 g/mol. The van der Waals surface area contributed by atoms with E-state index in [1.54, 1.807) is 0 Å². The van der Waals surface area contributed by atoms with Gasteiger partial charge in [0, 0.05) is 19.1 Å². The molecule has 2 aromatic rings. The Morgan fingerprint density at radius 1 is 1.35 bits per heavy atom. The van der Waals surface area contributed by atoms with Crippen molar-refractivity contribution in [2.75, 3.05) is 13.1 Å². The molecule has 31 heavy (non-hydrogen) atoms. The van der Waals surface area contributed by atoms with Gasteiger partial charge in [0.2, 0.25) is 5.89 Å². The minimum atomic E-state index is -0.921. The molecule has 1 aliphatic heterocycles. The number of likely N-dealkylation sites (tertiary alicyclic amines) is 1. The number of aromatic nitrogens is 1. The SMILES string of the molecule is CC(=NC(=O)OC(C)(C)C)N1CCC(CC[C@H](N)C(O)c2nc3ccccc3o2)CC1. The lowest BCUT2D eigenvalue weighted by Crippen LogP contribution is -2.38. The number of amidine groups is 1. The predicted molar refractivity (Wildman–Crippen MR) is 120 cm³/mol. The smallest absolute Gasteiger partial charge is 0.435 e. The van der Waals surface area contributed by atoms with Crippen LogP contribution in [0.3, 0.4) is 0 Å². The predicted octanol–water partition coefficient (Wildman–Crippen LogP) is 4.03. The molecule has 1 saturated heterocycles. The highest BCUT2D eigenvalue weighted by atomic mass is 16.6. The number of rotatable bonds is 5. The zero-order valence-corrected chi connectivity index (χ0v) is 18.9. The minimum absolute atomic E-state index is 0.275. The van der Waals surface area contributed by atoms with Crippen molar-refractivity contribution in [1.29, 1.82) is 0 Å². The third kappa shape index (κ3) is 6.51. The molecule has 170 valence electrons. The van der Waals surface area contributed by atoms with Gasteiger partial charge in [0.25, 0.3) is 0 Å². The fraction of sp³-hybridized carbons (Fsp3) is 0.609. The number of oxazole rings is 1. The summed E-state index contributed by atoms with van der Waals surface area (Å²) in [6.07, 6.45) is 2.13. The molecule has 2 atom stereocenters. The Hall–Kier alpha value is -2.45. The number of carbonyl (C=O) groups is 1. The van der Waals surface area contributed by atoms with Crippen molar-refractivity contribution in [3.63, 3.8) is 0 Å². The molecule has 1 aromatic carbocycles. The van der Waals surface area contributed by atoms with Crippen molar-refractivity contribution in [2.24, 2.45) is 16.6 Å². The number of benzene rings is 1. The van der Waals surface area contributed by atoms with Gasteiger partial charge >= 0.3 is 6.09 Å². The van der Waals surface area contributed by atoms with Crippen LogP contribution >= 0.6 is 0 Å². The highest BCUT2D eigenvalue weighted by Gasteiger charge is 2.26. The van der Waals surface area contributed by atoms with Crippen molar-refractivity contribution in [2.45, 2.75) is 71.1 Å². The molecule has 0 radical (unpaired) electrons. The van der Waals surface area contributed by atoms with Crippen LogP contribution in [0.25, 0.3) is 11.1 Å². The van der Waals surface area contributed by atoms with Gasteiger partial charge in [-0.15, -0.1) is 0 Å². The number of ether oxygens (including phenoxy) is 1. The number of aliphatic hydroxyl groups is 1. The number of aliphatic hydroxyl groups excluding tert-OH is 1. The second-order valence-electron chi connectivity index (χ2n) is 9.28. The normalized spacial score (nSPS) is 18.3. The molecule has 2 heterocycles. The van der Waals surface area contributed by atoms with Crippen LogP contribution in [0.4, 0.5) is 4.79 Å². The number of nitrogens with zero attached hydrogens (tertiary/aromatic N) is 3. The Balaban J connectivity index is 1.44. The van der Waals surface area contributed by atoms with E-state index in [0.29, 0.717) is 23.8 Å². The number of hydrogen-bond donors (Lipinski definition) is 2. The van der Waals surface area contributed by atoms with E-state index in [1.165, 1.54) is 0 Å². The maximum atomic E-state index is 11.9. The molecule has 1 unspecified atom stereocenters. The number of piperidine rings is 1. The second kappa shape index (κ2) is 9.78. The molecule has 8 heteroatoms. The summed E-state index contributed by atoms with van der Waals surface area (Å²) >= 11 is 0. The second-order valence-corrected chi connectivity index (χ2v) is 9.28. The van der Waals surface area contributed by atoms with E-state index in [-0.39, 0.29) is 5.89 Å². The van der Waals surface area contributed by atoms with Gasteiger partial charge in [0.1, 0.15) is 23.1 Å². The quantitative estimate of drug-likeness (QED) is 0.543. The summed E-state index contributed by atoms with van der Waals surface area (Å²) in [5.74, 6) is 1.49. The van der Waals surface area contributed by atoms with Gasteiger partial charge < -0.3 is 24.9 Å². The molecule has 8 nitrogen and oxygen atoms in total. The van der Waals surface area contributed by atoms with Crippen LogP contribution < -0.4 is 5.73 Å². The van der Waals surface area contributed by atoms with Crippen LogP contribution in [-0.4, -0.2) is 51.7 Å². The zero-order valence-electron chi connectivity index (χ0n) is 18.9. The van der Waals surface area contributed by atoms with E-state index in [1.807, 2.05) is 52.0 Å². The Kier molecular flexibility index (Phi) is 7.33. The van der Waals surface area contributed by atoms with Crippen molar-refractivity contribution in [3.8, 4) is 0 Å². The molecule has 3 N–H and O–H groups in total. The fourth-order valence-electron chi connectivity index (χ4n) is 3.82. The lowest BCUT2D eigenvalue weighted by molar-refractivity contribution is 0.0601. The largest absolute Gasteiger partial charge is 0.442 e. The maximum absolute atomic E-state index is 11.9. The summed E-state index contributed by atoms with van der Waals surface area (Å²) in [6, 6.07) is 7.00. The van der Waals surface area contributed by atoms with Crippen LogP contribution in [0, 0.1) is 5.92 Å². The Bertz CT molecular complexity index is 877. The maximum Gasteiger partial charge on any atom is 0.435 e. The summed E-state index contributed by atoms with van der Waals surface area (Å²) in [5, 5.41) is 10.5.